The zero-order valence-corrected chi connectivity index (χ0v) is 14.8. The average molecular weight is 372 g/mol. The van der Waals surface area contributed by atoms with Crippen molar-refractivity contribution in [1.82, 2.24) is 35.5 Å². The van der Waals surface area contributed by atoms with Gasteiger partial charge in [0, 0.05) is 32.4 Å². The first-order valence-electron chi connectivity index (χ1n) is 8.72. The van der Waals surface area contributed by atoms with Crippen molar-refractivity contribution in [3.05, 3.63) is 18.0 Å². The molecule has 0 aliphatic carbocycles. The van der Waals surface area contributed by atoms with Gasteiger partial charge >= 0.3 is 0 Å². The van der Waals surface area contributed by atoms with Crippen LogP contribution in [-0.4, -0.2) is 63.1 Å². The van der Waals surface area contributed by atoms with Gasteiger partial charge in [0.1, 0.15) is 5.52 Å². The molecule has 1 amide bonds. The van der Waals surface area contributed by atoms with Gasteiger partial charge in [0.2, 0.25) is 0 Å². The molecule has 4 rings (SSSR count). The average Bonchev–Trinajstić information content (AvgIpc) is 3.29. The Hall–Kier alpha value is -3.05. The number of rotatable bonds is 5. The summed E-state index contributed by atoms with van der Waals surface area (Å²) >= 11 is 0. The minimum atomic E-state index is -0.241. The minimum absolute atomic E-state index is 0.0532. The molecule has 0 radical (unpaired) electrons. The van der Waals surface area contributed by atoms with Gasteiger partial charge in [-0.2, -0.15) is 0 Å². The molecule has 3 aromatic rings. The first kappa shape index (κ1) is 17.4. The fourth-order valence-electron chi connectivity index (χ4n) is 3.15. The molecule has 0 bridgehead atoms. The number of nitrogens with zero attached hydrogens (tertiary/aromatic N) is 5. The van der Waals surface area contributed by atoms with Crippen LogP contribution in [-0.2, 0) is 11.3 Å². The molecule has 4 heterocycles. The number of aromatic nitrogens is 5. The highest BCUT2D eigenvalue weighted by molar-refractivity contribution is 6.05. The van der Waals surface area contributed by atoms with E-state index in [4.69, 9.17) is 10.5 Å². The van der Waals surface area contributed by atoms with Crippen LogP contribution >= 0.6 is 0 Å². The lowest BCUT2D eigenvalue weighted by Gasteiger charge is -2.23. The van der Waals surface area contributed by atoms with Crippen molar-refractivity contribution in [3.63, 3.8) is 0 Å². The number of hydrogen-bond donors (Lipinski definition) is 3. The van der Waals surface area contributed by atoms with Crippen LogP contribution in [0.5, 0.6) is 0 Å². The summed E-state index contributed by atoms with van der Waals surface area (Å²) in [5, 5.41) is 13.6. The fourth-order valence-corrected chi connectivity index (χ4v) is 3.15. The SMILES string of the molecule is CCn1c(-c2nonc2N)nc2cncc(C(=O)NCC3CNCCO3)c21. The first-order chi connectivity index (χ1) is 13.2. The number of aryl methyl sites for hydroxylation is 1. The Morgan fingerprint density at radius 2 is 2.33 bits per heavy atom. The number of imidazole rings is 1. The van der Waals surface area contributed by atoms with E-state index in [9.17, 15) is 4.79 Å². The molecule has 1 atom stereocenters. The van der Waals surface area contributed by atoms with Crippen LogP contribution in [0.1, 0.15) is 17.3 Å². The number of nitrogen functional groups attached to an aromatic ring is 1. The maximum absolute atomic E-state index is 12.8. The Morgan fingerprint density at radius 1 is 1.44 bits per heavy atom. The van der Waals surface area contributed by atoms with Crippen LogP contribution in [0.25, 0.3) is 22.6 Å². The lowest BCUT2D eigenvalue weighted by molar-refractivity contribution is 0.0287. The Morgan fingerprint density at radius 3 is 3.04 bits per heavy atom. The molecule has 3 aromatic heterocycles. The predicted molar refractivity (Wildman–Crippen MR) is 95.8 cm³/mol. The third-order valence-corrected chi connectivity index (χ3v) is 4.43. The normalized spacial score (nSPS) is 17.3. The highest BCUT2D eigenvalue weighted by Crippen LogP contribution is 2.28. The zero-order chi connectivity index (χ0) is 18.8. The van der Waals surface area contributed by atoms with Crippen molar-refractivity contribution in [2.75, 3.05) is 32.0 Å². The van der Waals surface area contributed by atoms with Crippen molar-refractivity contribution < 1.29 is 14.2 Å². The van der Waals surface area contributed by atoms with Crippen molar-refractivity contribution in [2.24, 2.45) is 0 Å². The number of nitrogens with one attached hydrogen (secondary N) is 2. The van der Waals surface area contributed by atoms with Crippen molar-refractivity contribution >= 4 is 22.8 Å². The minimum Gasteiger partial charge on any atom is -0.379 e. The van der Waals surface area contributed by atoms with E-state index in [1.165, 1.54) is 6.20 Å². The van der Waals surface area contributed by atoms with Gasteiger partial charge in [0.25, 0.3) is 5.91 Å². The van der Waals surface area contributed by atoms with Gasteiger partial charge in [0.05, 0.1) is 30.0 Å². The smallest absolute Gasteiger partial charge is 0.255 e. The summed E-state index contributed by atoms with van der Waals surface area (Å²) in [6.07, 6.45) is 3.07. The van der Waals surface area contributed by atoms with Crippen LogP contribution in [0.4, 0.5) is 5.82 Å². The highest BCUT2D eigenvalue weighted by atomic mass is 16.6. The summed E-state index contributed by atoms with van der Waals surface area (Å²) < 4.78 is 12.1. The largest absolute Gasteiger partial charge is 0.379 e. The topological polar surface area (TPSA) is 146 Å². The molecule has 0 saturated carbocycles. The van der Waals surface area contributed by atoms with Gasteiger partial charge < -0.3 is 25.7 Å². The van der Waals surface area contributed by atoms with E-state index >= 15 is 0 Å². The third-order valence-electron chi connectivity index (χ3n) is 4.43. The third kappa shape index (κ3) is 3.22. The summed E-state index contributed by atoms with van der Waals surface area (Å²) in [7, 11) is 0. The van der Waals surface area contributed by atoms with E-state index in [1.54, 1.807) is 6.20 Å². The number of amides is 1. The molecule has 11 heteroatoms. The number of carbonyl (C=O) groups is 1. The van der Waals surface area contributed by atoms with Crippen molar-refractivity contribution in [2.45, 2.75) is 19.6 Å². The number of hydrogen-bond acceptors (Lipinski definition) is 9. The number of fused-ring (bicyclic) bond motifs is 1. The standard InChI is InChI=1S/C16H20N8O3/c1-2-24-13-10(16(25)20-6-9-5-18-3-4-26-9)7-19-8-11(13)21-15(24)12-14(17)23-27-22-12/h7-9,18H,2-6H2,1H3,(H2,17,23)(H,20,25). The van der Waals surface area contributed by atoms with Gasteiger partial charge in [-0.1, -0.05) is 0 Å². The summed E-state index contributed by atoms with van der Waals surface area (Å²) in [6, 6.07) is 0. The zero-order valence-electron chi connectivity index (χ0n) is 14.8. The van der Waals surface area contributed by atoms with Gasteiger partial charge in [0.15, 0.2) is 17.3 Å². The van der Waals surface area contributed by atoms with E-state index in [0.717, 1.165) is 6.54 Å². The van der Waals surface area contributed by atoms with E-state index in [0.29, 0.717) is 54.4 Å². The lowest BCUT2D eigenvalue weighted by Crippen LogP contribution is -2.45. The molecule has 1 aliphatic rings. The Balaban J connectivity index is 1.67. The first-order valence-corrected chi connectivity index (χ1v) is 8.72. The van der Waals surface area contributed by atoms with Crippen LogP contribution in [0, 0.1) is 0 Å². The molecule has 27 heavy (non-hydrogen) atoms. The molecule has 142 valence electrons. The monoisotopic (exact) mass is 372 g/mol. The quantitative estimate of drug-likeness (QED) is 0.554. The number of pyridine rings is 1. The molecule has 1 saturated heterocycles. The Kier molecular flexibility index (Phi) is 4.69. The van der Waals surface area contributed by atoms with Crippen LogP contribution in [0.15, 0.2) is 17.0 Å². The summed E-state index contributed by atoms with van der Waals surface area (Å²) in [5.74, 6) is 0.378. The molecule has 1 fully saturated rings. The molecule has 4 N–H and O–H groups in total. The second-order valence-corrected chi connectivity index (χ2v) is 6.14. The van der Waals surface area contributed by atoms with Gasteiger partial charge in [-0.25, -0.2) is 9.61 Å². The Labute approximate surface area is 154 Å². The van der Waals surface area contributed by atoms with Crippen molar-refractivity contribution in [3.8, 4) is 11.5 Å². The predicted octanol–water partition coefficient (Wildman–Crippen LogP) is -0.198. The van der Waals surface area contributed by atoms with Crippen LogP contribution < -0.4 is 16.4 Å². The van der Waals surface area contributed by atoms with E-state index < -0.39 is 0 Å². The maximum Gasteiger partial charge on any atom is 0.255 e. The molecule has 0 spiro atoms. The van der Waals surface area contributed by atoms with E-state index in [1.807, 2.05) is 11.5 Å². The maximum atomic E-state index is 12.8. The molecule has 1 aliphatic heterocycles. The number of carbonyl (C=O) groups excluding carboxylic acids is 1. The van der Waals surface area contributed by atoms with Crippen LogP contribution in [0.3, 0.4) is 0 Å². The van der Waals surface area contributed by atoms with E-state index in [2.05, 4.69) is 35.5 Å². The molecule has 0 aromatic carbocycles. The van der Waals surface area contributed by atoms with Gasteiger partial charge in [-0.05, 0) is 17.2 Å². The second kappa shape index (κ2) is 7.29. The molecular formula is C16H20N8O3. The number of ether oxygens (including phenoxy) is 1. The van der Waals surface area contributed by atoms with Gasteiger partial charge in [-0.15, -0.1) is 0 Å². The number of nitrogens with two attached hydrogens (primary N) is 1. The molecule has 1 unspecified atom stereocenters. The number of morpholine rings is 1. The highest BCUT2D eigenvalue weighted by Gasteiger charge is 2.23. The number of anilines is 1. The van der Waals surface area contributed by atoms with Crippen molar-refractivity contribution in [1.29, 1.82) is 0 Å². The molecule has 11 nitrogen and oxygen atoms in total. The summed E-state index contributed by atoms with van der Waals surface area (Å²) in [6.45, 7) is 5.08. The Bertz CT molecular complexity index is 960. The van der Waals surface area contributed by atoms with Crippen LogP contribution in [0.2, 0.25) is 0 Å². The summed E-state index contributed by atoms with van der Waals surface area (Å²) in [4.78, 5) is 21.5. The molecular weight excluding hydrogens is 352 g/mol. The fraction of sp³-hybridized carbons (Fsp3) is 0.438. The van der Waals surface area contributed by atoms with E-state index in [-0.39, 0.29) is 17.8 Å². The van der Waals surface area contributed by atoms with Gasteiger partial charge in [-0.3, -0.25) is 9.78 Å². The summed E-state index contributed by atoms with van der Waals surface area (Å²) in [5.41, 5.74) is 7.79. The lowest BCUT2D eigenvalue weighted by atomic mass is 10.2. The second-order valence-electron chi connectivity index (χ2n) is 6.14.